The predicted octanol–water partition coefficient (Wildman–Crippen LogP) is 2.30. The monoisotopic (exact) mass is 359 g/mol. The van der Waals surface area contributed by atoms with Crippen LogP contribution < -0.4 is 11.1 Å². The summed E-state index contributed by atoms with van der Waals surface area (Å²) >= 11 is 0. The highest BCUT2D eigenvalue weighted by atomic mass is 16.5. The van der Waals surface area contributed by atoms with E-state index in [1.165, 1.54) is 5.56 Å². The fourth-order valence-electron chi connectivity index (χ4n) is 4.29. The lowest BCUT2D eigenvalue weighted by molar-refractivity contribution is -0.171. The summed E-state index contributed by atoms with van der Waals surface area (Å²) in [4.78, 5) is 15.4. The van der Waals surface area contributed by atoms with Gasteiger partial charge in [-0.1, -0.05) is 44.2 Å². The second kappa shape index (κ2) is 7.67. The fourth-order valence-corrected chi connectivity index (χ4v) is 4.29. The maximum Gasteiger partial charge on any atom is 0.241 e. The van der Waals surface area contributed by atoms with E-state index in [0.29, 0.717) is 13.0 Å². The molecule has 1 saturated heterocycles. The van der Waals surface area contributed by atoms with Crippen LogP contribution in [0.4, 0.5) is 0 Å². The number of ether oxygens (including phenoxy) is 1. The SMILES string of the molecule is CCOC1CC(N)(C(=O)NC2CCCN(Cc3ccccc3)C2)C1(C)C. The number of nitrogens with zero attached hydrogens (tertiary/aromatic N) is 1. The van der Waals surface area contributed by atoms with Crippen molar-refractivity contribution in [2.24, 2.45) is 11.1 Å². The van der Waals surface area contributed by atoms with E-state index in [1.54, 1.807) is 0 Å². The molecule has 1 heterocycles. The largest absolute Gasteiger partial charge is 0.378 e. The van der Waals surface area contributed by atoms with Crippen LogP contribution in [0.2, 0.25) is 0 Å². The molecule has 144 valence electrons. The van der Waals surface area contributed by atoms with E-state index >= 15 is 0 Å². The summed E-state index contributed by atoms with van der Waals surface area (Å²) in [6.45, 7) is 9.61. The Hall–Kier alpha value is -1.43. The third-order valence-electron chi connectivity index (χ3n) is 6.32. The van der Waals surface area contributed by atoms with Crippen molar-refractivity contribution in [1.82, 2.24) is 10.2 Å². The third-order valence-corrected chi connectivity index (χ3v) is 6.32. The van der Waals surface area contributed by atoms with Crippen LogP contribution in [0.3, 0.4) is 0 Å². The van der Waals surface area contributed by atoms with Gasteiger partial charge in [0, 0.05) is 37.6 Å². The molecular weight excluding hydrogens is 326 g/mol. The highest BCUT2D eigenvalue weighted by Crippen LogP contribution is 2.49. The second-order valence-corrected chi connectivity index (χ2v) is 8.37. The Bertz CT molecular complexity index is 619. The Labute approximate surface area is 157 Å². The number of nitrogens with one attached hydrogen (secondary N) is 1. The van der Waals surface area contributed by atoms with Crippen LogP contribution >= 0.6 is 0 Å². The van der Waals surface area contributed by atoms with Crippen LogP contribution in [0.1, 0.15) is 45.6 Å². The van der Waals surface area contributed by atoms with Crippen molar-refractivity contribution in [2.45, 2.75) is 64.3 Å². The van der Waals surface area contributed by atoms with Gasteiger partial charge in [0.2, 0.25) is 5.91 Å². The molecule has 3 N–H and O–H groups in total. The normalized spacial score (nSPS) is 31.2. The molecular formula is C21H33N3O2. The Kier molecular flexibility index (Phi) is 5.70. The number of carbonyl (C=O) groups excluding carboxylic acids is 1. The summed E-state index contributed by atoms with van der Waals surface area (Å²) in [5.41, 5.74) is 6.65. The molecule has 0 radical (unpaired) electrons. The molecule has 0 aromatic heterocycles. The number of benzene rings is 1. The Morgan fingerprint density at radius 3 is 2.73 bits per heavy atom. The van der Waals surface area contributed by atoms with Crippen molar-refractivity contribution in [2.75, 3.05) is 19.7 Å². The van der Waals surface area contributed by atoms with E-state index in [9.17, 15) is 4.79 Å². The first-order valence-electron chi connectivity index (χ1n) is 9.84. The van der Waals surface area contributed by atoms with Gasteiger partial charge in [0.05, 0.1) is 6.10 Å². The summed E-state index contributed by atoms with van der Waals surface area (Å²) in [5.74, 6) is -0.0231. The molecule has 5 nitrogen and oxygen atoms in total. The van der Waals surface area contributed by atoms with Crippen molar-refractivity contribution >= 4 is 5.91 Å². The lowest BCUT2D eigenvalue weighted by atomic mass is 9.54. The van der Waals surface area contributed by atoms with Crippen LogP contribution in [-0.2, 0) is 16.1 Å². The molecule has 3 unspecified atom stereocenters. The van der Waals surface area contributed by atoms with Crippen molar-refractivity contribution in [3.63, 3.8) is 0 Å². The van der Waals surface area contributed by atoms with E-state index in [2.05, 4.69) is 34.5 Å². The van der Waals surface area contributed by atoms with Crippen molar-refractivity contribution in [3.8, 4) is 0 Å². The number of rotatable bonds is 6. The maximum atomic E-state index is 12.9. The summed E-state index contributed by atoms with van der Waals surface area (Å²) in [7, 11) is 0. The van der Waals surface area contributed by atoms with Crippen LogP contribution in [-0.4, -0.2) is 48.2 Å². The van der Waals surface area contributed by atoms with Crippen molar-refractivity contribution in [1.29, 1.82) is 0 Å². The Morgan fingerprint density at radius 1 is 1.35 bits per heavy atom. The number of hydrogen-bond acceptors (Lipinski definition) is 4. The van der Waals surface area contributed by atoms with E-state index < -0.39 is 5.54 Å². The van der Waals surface area contributed by atoms with Crippen LogP contribution in [0.15, 0.2) is 30.3 Å². The predicted molar refractivity (Wildman–Crippen MR) is 104 cm³/mol. The molecule has 1 aromatic carbocycles. The standard InChI is InChI=1S/C21H33N3O2/c1-4-26-18-13-21(22,20(18,2)3)19(25)23-17-11-8-12-24(15-17)14-16-9-6-5-7-10-16/h5-7,9-10,17-18H,4,8,11-15,22H2,1-3H3,(H,23,25). The minimum atomic E-state index is -0.839. The van der Waals surface area contributed by atoms with Gasteiger partial charge in [-0.25, -0.2) is 0 Å². The average molecular weight is 360 g/mol. The molecule has 0 spiro atoms. The minimum Gasteiger partial charge on any atom is -0.378 e. The van der Waals surface area contributed by atoms with Gasteiger partial charge in [-0.05, 0) is 31.9 Å². The molecule has 2 aliphatic rings. The van der Waals surface area contributed by atoms with Gasteiger partial charge in [0.1, 0.15) is 5.54 Å². The van der Waals surface area contributed by atoms with Crippen LogP contribution in [0.5, 0.6) is 0 Å². The molecule has 0 bridgehead atoms. The number of carbonyl (C=O) groups is 1. The molecule has 26 heavy (non-hydrogen) atoms. The zero-order chi connectivity index (χ0) is 18.8. The molecule has 5 heteroatoms. The molecule has 1 aliphatic heterocycles. The topological polar surface area (TPSA) is 67.6 Å². The first-order valence-corrected chi connectivity index (χ1v) is 9.84. The minimum absolute atomic E-state index is 0.0231. The molecule has 1 saturated carbocycles. The van der Waals surface area contributed by atoms with Gasteiger partial charge in [0.25, 0.3) is 0 Å². The zero-order valence-electron chi connectivity index (χ0n) is 16.3. The summed E-state index contributed by atoms with van der Waals surface area (Å²) in [5, 5.41) is 3.23. The molecule has 3 rings (SSSR count). The van der Waals surface area contributed by atoms with Crippen molar-refractivity contribution in [3.05, 3.63) is 35.9 Å². The maximum absolute atomic E-state index is 12.9. The second-order valence-electron chi connectivity index (χ2n) is 8.37. The number of piperidine rings is 1. The first-order chi connectivity index (χ1) is 12.4. The van der Waals surface area contributed by atoms with E-state index in [1.807, 2.05) is 26.8 Å². The van der Waals surface area contributed by atoms with E-state index in [4.69, 9.17) is 10.5 Å². The van der Waals surface area contributed by atoms with Crippen molar-refractivity contribution < 1.29 is 9.53 Å². The first kappa shape index (κ1) is 19.3. The van der Waals surface area contributed by atoms with E-state index in [-0.39, 0.29) is 23.5 Å². The average Bonchev–Trinajstić information content (AvgIpc) is 2.62. The number of hydrogen-bond donors (Lipinski definition) is 2. The number of nitrogens with two attached hydrogens (primary N) is 1. The summed E-state index contributed by atoms with van der Waals surface area (Å²) in [6.07, 6.45) is 2.77. The van der Waals surface area contributed by atoms with Gasteiger partial charge in [-0.15, -0.1) is 0 Å². The summed E-state index contributed by atoms with van der Waals surface area (Å²) in [6, 6.07) is 10.7. The quantitative estimate of drug-likeness (QED) is 0.818. The van der Waals surface area contributed by atoms with Gasteiger partial charge < -0.3 is 15.8 Å². The molecule has 1 aliphatic carbocycles. The molecule has 3 atom stereocenters. The number of likely N-dealkylation sites (tertiary alicyclic amines) is 1. The van der Waals surface area contributed by atoms with E-state index in [0.717, 1.165) is 32.5 Å². The lowest BCUT2D eigenvalue weighted by Gasteiger charge is -2.58. The molecule has 2 fully saturated rings. The van der Waals surface area contributed by atoms with Gasteiger partial charge in [0.15, 0.2) is 0 Å². The smallest absolute Gasteiger partial charge is 0.241 e. The zero-order valence-corrected chi connectivity index (χ0v) is 16.3. The van der Waals surface area contributed by atoms with Crippen LogP contribution in [0.25, 0.3) is 0 Å². The highest BCUT2D eigenvalue weighted by molar-refractivity contribution is 5.89. The molecule has 1 amide bonds. The number of amides is 1. The van der Waals surface area contributed by atoms with Gasteiger partial charge in [-0.3, -0.25) is 9.69 Å². The van der Waals surface area contributed by atoms with Crippen LogP contribution in [0, 0.1) is 5.41 Å². The molecule has 1 aromatic rings. The third kappa shape index (κ3) is 3.66. The van der Waals surface area contributed by atoms with Gasteiger partial charge >= 0.3 is 0 Å². The lowest BCUT2D eigenvalue weighted by Crippen LogP contribution is -2.76. The fraction of sp³-hybridized carbons (Fsp3) is 0.667. The van der Waals surface area contributed by atoms with Gasteiger partial charge in [-0.2, -0.15) is 0 Å². The highest BCUT2D eigenvalue weighted by Gasteiger charge is 2.63. The Morgan fingerprint density at radius 2 is 2.08 bits per heavy atom. The Balaban J connectivity index is 1.56. The summed E-state index contributed by atoms with van der Waals surface area (Å²) < 4.78 is 5.74.